The van der Waals surface area contributed by atoms with Crippen molar-refractivity contribution in [3.8, 4) is 0 Å². The Hall–Kier alpha value is -1.35. The predicted octanol–water partition coefficient (Wildman–Crippen LogP) is 2.91. The molecule has 1 aromatic rings. The largest absolute Gasteiger partial charge is 0.381 e. The van der Waals surface area contributed by atoms with Gasteiger partial charge in [-0.05, 0) is 42.7 Å². The van der Waals surface area contributed by atoms with Crippen LogP contribution >= 0.6 is 24.0 Å². The van der Waals surface area contributed by atoms with Gasteiger partial charge in [-0.1, -0.05) is 24.3 Å². The Kier molecular flexibility index (Phi) is 10.0. The Labute approximate surface area is 185 Å². The molecule has 1 amide bonds. The number of aliphatic imine (C=N–C) groups is 1. The van der Waals surface area contributed by atoms with Gasteiger partial charge in [0.25, 0.3) is 0 Å². The first-order valence-corrected chi connectivity index (χ1v) is 10.1. The number of likely N-dealkylation sites (tertiary alicyclic amines) is 1. The maximum atomic E-state index is 11.9. The first kappa shape index (κ1) is 22.9. The van der Waals surface area contributed by atoms with Crippen molar-refractivity contribution < 1.29 is 9.53 Å². The minimum Gasteiger partial charge on any atom is -0.381 e. The summed E-state index contributed by atoms with van der Waals surface area (Å²) < 4.78 is 5.66. The monoisotopic (exact) mass is 500 g/mol. The molecule has 0 bridgehead atoms. The summed E-state index contributed by atoms with van der Waals surface area (Å²) in [6, 6.07) is 8.30. The number of nitrogens with zero attached hydrogens (tertiary/aromatic N) is 2. The van der Waals surface area contributed by atoms with Crippen LogP contribution in [0.4, 0.5) is 0 Å². The molecule has 3 rings (SSSR count). The standard InChI is InChI=1S/C21H32N4O2.HI/c1-22-21(23-11-5-13-27-16-17-9-10-17)24-14-18-6-2-3-7-19(18)15-25-12-4-8-20(25)26;/h2-3,6-7,17H,4-5,8-16H2,1H3,(H2,22,23,24);1H. The fourth-order valence-corrected chi connectivity index (χ4v) is 3.28. The van der Waals surface area contributed by atoms with Gasteiger partial charge in [-0.2, -0.15) is 0 Å². The van der Waals surface area contributed by atoms with E-state index in [4.69, 9.17) is 4.74 Å². The number of rotatable bonds is 10. The molecule has 2 aliphatic rings. The van der Waals surface area contributed by atoms with Gasteiger partial charge in [0.15, 0.2) is 5.96 Å². The van der Waals surface area contributed by atoms with Gasteiger partial charge in [0.2, 0.25) is 5.91 Å². The van der Waals surface area contributed by atoms with Crippen LogP contribution in [0.15, 0.2) is 29.3 Å². The van der Waals surface area contributed by atoms with E-state index in [0.29, 0.717) is 19.5 Å². The second-order valence-corrected chi connectivity index (χ2v) is 7.41. The third-order valence-electron chi connectivity index (χ3n) is 5.13. The molecule has 1 aliphatic carbocycles. The van der Waals surface area contributed by atoms with Crippen LogP contribution in [0.1, 0.15) is 43.2 Å². The molecule has 1 saturated carbocycles. The molecule has 2 fully saturated rings. The number of carbonyl (C=O) groups is 1. The number of hydrogen-bond donors (Lipinski definition) is 2. The van der Waals surface area contributed by atoms with E-state index < -0.39 is 0 Å². The highest BCUT2D eigenvalue weighted by atomic mass is 127. The summed E-state index contributed by atoms with van der Waals surface area (Å²) in [6.07, 6.45) is 5.30. The fraction of sp³-hybridized carbons (Fsp3) is 0.619. The van der Waals surface area contributed by atoms with E-state index in [0.717, 1.165) is 51.0 Å². The molecule has 1 aromatic carbocycles. The van der Waals surface area contributed by atoms with Crippen molar-refractivity contribution in [2.24, 2.45) is 10.9 Å². The van der Waals surface area contributed by atoms with Crippen molar-refractivity contribution in [3.63, 3.8) is 0 Å². The Morgan fingerprint density at radius 2 is 2.04 bits per heavy atom. The highest BCUT2D eigenvalue weighted by molar-refractivity contribution is 14.0. The number of carbonyl (C=O) groups excluding carboxylic acids is 1. The molecule has 156 valence electrons. The second kappa shape index (κ2) is 12.3. The van der Waals surface area contributed by atoms with E-state index >= 15 is 0 Å². The van der Waals surface area contributed by atoms with Gasteiger partial charge in [0, 0.05) is 52.9 Å². The van der Waals surface area contributed by atoms with Gasteiger partial charge in [-0.15, -0.1) is 24.0 Å². The highest BCUT2D eigenvalue weighted by Crippen LogP contribution is 2.28. The molecular weight excluding hydrogens is 467 g/mol. The lowest BCUT2D eigenvalue weighted by molar-refractivity contribution is -0.128. The molecule has 1 heterocycles. The minimum absolute atomic E-state index is 0. The highest BCUT2D eigenvalue weighted by Gasteiger charge is 2.21. The topological polar surface area (TPSA) is 66.0 Å². The summed E-state index contributed by atoms with van der Waals surface area (Å²) >= 11 is 0. The van der Waals surface area contributed by atoms with E-state index in [9.17, 15) is 4.79 Å². The van der Waals surface area contributed by atoms with Crippen molar-refractivity contribution in [1.29, 1.82) is 0 Å². The van der Waals surface area contributed by atoms with Crippen LogP contribution in [0.5, 0.6) is 0 Å². The first-order valence-electron chi connectivity index (χ1n) is 10.1. The van der Waals surface area contributed by atoms with Gasteiger partial charge in [-0.25, -0.2) is 0 Å². The van der Waals surface area contributed by atoms with Crippen LogP contribution in [0.3, 0.4) is 0 Å². The average molecular weight is 500 g/mol. The number of benzene rings is 1. The van der Waals surface area contributed by atoms with Crippen molar-refractivity contribution in [2.45, 2.75) is 45.2 Å². The number of amides is 1. The number of ether oxygens (including phenoxy) is 1. The third kappa shape index (κ3) is 7.58. The molecule has 1 saturated heterocycles. The molecule has 0 spiro atoms. The molecule has 0 aromatic heterocycles. The second-order valence-electron chi connectivity index (χ2n) is 7.41. The van der Waals surface area contributed by atoms with E-state index in [-0.39, 0.29) is 29.9 Å². The summed E-state index contributed by atoms with van der Waals surface area (Å²) in [7, 11) is 1.79. The van der Waals surface area contributed by atoms with Crippen LogP contribution in [0.25, 0.3) is 0 Å². The Bertz CT molecular complexity index is 649. The van der Waals surface area contributed by atoms with Gasteiger partial charge < -0.3 is 20.3 Å². The Morgan fingerprint density at radius 1 is 1.25 bits per heavy atom. The summed E-state index contributed by atoms with van der Waals surface area (Å²) in [5.41, 5.74) is 2.40. The fourth-order valence-electron chi connectivity index (χ4n) is 3.28. The lowest BCUT2D eigenvalue weighted by Crippen LogP contribution is -2.38. The molecule has 2 N–H and O–H groups in total. The van der Waals surface area contributed by atoms with E-state index in [1.165, 1.54) is 24.0 Å². The van der Waals surface area contributed by atoms with Crippen LogP contribution in [-0.2, 0) is 22.6 Å². The number of guanidine groups is 1. The van der Waals surface area contributed by atoms with Gasteiger partial charge in [-0.3, -0.25) is 9.79 Å². The SMILES string of the molecule is CN=C(NCCCOCC1CC1)NCc1ccccc1CN1CCCC1=O.I. The average Bonchev–Trinajstić information content (AvgIpc) is 3.43. The maximum Gasteiger partial charge on any atom is 0.222 e. The lowest BCUT2D eigenvalue weighted by atomic mass is 10.1. The number of halogens is 1. The summed E-state index contributed by atoms with van der Waals surface area (Å²) in [5, 5.41) is 6.71. The molecule has 6 nitrogen and oxygen atoms in total. The van der Waals surface area contributed by atoms with Gasteiger partial charge >= 0.3 is 0 Å². The molecule has 0 atom stereocenters. The molecular formula is C21H33IN4O2. The van der Waals surface area contributed by atoms with E-state index in [1.807, 2.05) is 17.0 Å². The zero-order valence-corrected chi connectivity index (χ0v) is 19.1. The Balaban J connectivity index is 0.00000280. The normalized spacial score (nSPS) is 16.8. The zero-order chi connectivity index (χ0) is 18.9. The summed E-state index contributed by atoms with van der Waals surface area (Å²) in [5.74, 6) is 1.88. The maximum absolute atomic E-state index is 11.9. The molecule has 0 radical (unpaired) electrons. The molecule has 28 heavy (non-hydrogen) atoms. The number of nitrogens with one attached hydrogen (secondary N) is 2. The van der Waals surface area contributed by atoms with Crippen molar-refractivity contribution >= 4 is 35.8 Å². The lowest BCUT2D eigenvalue weighted by Gasteiger charge is -2.19. The van der Waals surface area contributed by atoms with Crippen LogP contribution in [0.2, 0.25) is 0 Å². The van der Waals surface area contributed by atoms with Gasteiger partial charge in [0.1, 0.15) is 0 Å². The molecule has 7 heteroatoms. The van der Waals surface area contributed by atoms with Crippen molar-refractivity contribution in [2.75, 3.05) is 33.4 Å². The number of hydrogen-bond acceptors (Lipinski definition) is 3. The van der Waals surface area contributed by atoms with Crippen LogP contribution in [-0.4, -0.2) is 50.1 Å². The Morgan fingerprint density at radius 3 is 2.71 bits per heavy atom. The van der Waals surface area contributed by atoms with E-state index in [1.54, 1.807) is 7.05 Å². The van der Waals surface area contributed by atoms with Crippen LogP contribution in [0, 0.1) is 5.92 Å². The quantitative estimate of drug-likeness (QED) is 0.225. The predicted molar refractivity (Wildman–Crippen MR) is 123 cm³/mol. The summed E-state index contributed by atoms with van der Waals surface area (Å²) in [4.78, 5) is 18.2. The minimum atomic E-state index is 0. The van der Waals surface area contributed by atoms with Gasteiger partial charge in [0.05, 0.1) is 0 Å². The third-order valence-corrected chi connectivity index (χ3v) is 5.13. The van der Waals surface area contributed by atoms with Crippen LogP contribution < -0.4 is 10.6 Å². The molecule has 0 unspecified atom stereocenters. The molecule has 1 aliphatic heterocycles. The smallest absolute Gasteiger partial charge is 0.222 e. The first-order chi connectivity index (χ1) is 13.3. The zero-order valence-electron chi connectivity index (χ0n) is 16.8. The van der Waals surface area contributed by atoms with Crippen molar-refractivity contribution in [3.05, 3.63) is 35.4 Å². The van der Waals surface area contributed by atoms with E-state index in [2.05, 4.69) is 27.8 Å². The van der Waals surface area contributed by atoms with Crippen molar-refractivity contribution in [1.82, 2.24) is 15.5 Å². The summed E-state index contributed by atoms with van der Waals surface area (Å²) in [6.45, 7) is 4.81.